The molecule has 1 N–H and O–H groups in total. The van der Waals surface area contributed by atoms with E-state index in [-0.39, 0.29) is 16.7 Å². The third kappa shape index (κ3) is 5.64. The zero-order chi connectivity index (χ0) is 15.6. The van der Waals surface area contributed by atoms with Crippen LogP contribution in [0.25, 0.3) is 0 Å². The van der Waals surface area contributed by atoms with Crippen LogP contribution in [-0.4, -0.2) is 17.9 Å². The van der Waals surface area contributed by atoms with Crippen molar-refractivity contribution in [2.24, 2.45) is 5.41 Å². The van der Waals surface area contributed by atoms with E-state index in [1.807, 2.05) is 13.0 Å². The SMILES string of the molecule is Cc1cc(C(=O)CNC(C)(C)CC(C)(C)C)ccc1Cl. The molecule has 0 unspecified atom stereocenters. The molecule has 1 aromatic rings. The minimum absolute atomic E-state index is 0.0601. The zero-order valence-corrected chi connectivity index (χ0v) is 14.2. The second-order valence-corrected chi connectivity index (χ2v) is 7.77. The molecule has 0 bridgehead atoms. The number of carbonyl (C=O) groups is 1. The smallest absolute Gasteiger partial charge is 0.176 e. The highest BCUT2D eigenvalue weighted by Gasteiger charge is 2.25. The van der Waals surface area contributed by atoms with Crippen molar-refractivity contribution in [1.82, 2.24) is 5.32 Å². The van der Waals surface area contributed by atoms with Crippen molar-refractivity contribution in [1.29, 1.82) is 0 Å². The van der Waals surface area contributed by atoms with Gasteiger partial charge in [0.05, 0.1) is 6.54 Å². The van der Waals surface area contributed by atoms with Crippen LogP contribution in [0.3, 0.4) is 0 Å². The maximum absolute atomic E-state index is 12.2. The van der Waals surface area contributed by atoms with E-state index in [1.165, 1.54) is 0 Å². The molecule has 0 aliphatic rings. The topological polar surface area (TPSA) is 29.1 Å². The Morgan fingerprint density at radius 1 is 1.20 bits per heavy atom. The second kappa shape index (κ2) is 6.28. The van der Waals surface area contributed by atoms with Crippen molar-refractivity contribution in [3.63, 3.8) is 0 Å². The van der Waals surface area contributed by atoms with Gasteiger partial charge in [0, 0.05) is 16.1 Å². The number of aryl methyl sites for hydroxylation is 1. The number of rotatable bonds is 5. The lowest BCUT2D eigenvalue weighted by atomic mass is 9.82. The first-order valence-corrected chi connectivity index (χ1v) is 7.42. The van der Waals surface area contributed by atoms with Gasteiger partial charge in [-0.25, -0.2) is 0 Å². The molecule has 0 radical (unpaired) electrons. The van der Waals surface area contributed by atoms with Gasteiger partial charge < -0.3 is 5.32 Å². The van der Waals surface area contributed by atoms with Gasteiger partial charge in [0.1, 0.15) is 0 Å². The minimum Gasteiger partial charge on any atom is -0.305 e. The summed E-state index contributed by atoms with van der Waals surface area (Å²) in [6.07, 6.45) is 1.01. The number of halogens is 1. The minimum atomic E-state index is -0.0601. The molecule has 112 valence electrons. The lowest BCUT2D eigenvalue weighted by molar-refractivity contribution is 0.0973. The molecule has 3 heteroatoms. The van der Waals surface area contributed by atoms with E-state index in [9.17, 15) is 4.79 Å². The fourth-order valence-corrected chi connectivity index (χ4v) is 2.75. The van der Waals surface area contributed by atoms with E-state index in [0.717, 1.165) is 12.0 Å². The molecule has 0 amide bonds. The Morgan fingerprint density at radius 3 is 2.30 bits per heavy atom. The van der Waals surface area contributed by atoms with Gasteiger partial charge in [-0.3, -0.25) is 4.79 Å². The summed E-state index contributed by atoms with van der Waals surface area (Å²) >= 11 is 5.98. The van der Waals surface area contributed by atoms with E-state index in [1.54, 1.807) is 12.1 Å². The van der Waals surface area contributed by atoms with E-state index in [0.29, 0.717) is 17.1 Å². The molecule has 0 atom stereocenters. The molecular formula is C17H26ClNO. The fourth-order valence-electron chi connectivity index (χ4n) is 2.63. The normalized spacial score (nSPS) is 12.6. The summed E-state index contributed by atoms with van der Waals surface area (Å²) in [5, 5.41) is 4.06. The molecule has 0 aliphatic carbocycles. The quantitative estimate of drug-likeness (QED) is 0.802. The first-order valence-electron chi connectivity index (χ1n) is 7.05. The molecule has 1 rings (SSSR count). The lowest BCUT2D eigenvalue weighted by Gasteiger charge is -2.33. The number of nitrogens with one attached hydrogen (secondary N) is 1. The number of benzene rings is 1. The van der Waals surface area contributed by atoms with Crippen molar-refractivity contribution in [3.05, 3.63) is 34.3 Å². The molecule has 0 saturated heterocycles. The molecule has 20 heavy (non-hydrogen) atoms. The maximum Gasteiger partial charge on any atom is 0.176 e. The summed E-state index contributed by atoms with van der Waals surface area (Å²) in [6, 6.07) is 5.42. The summed E-state index contributed by atoms with van der Waals surface area (Å²) in [5.74, 6) is 0.103. The van der Waals surface area contributed by atoms with Crippen LogP contribution in [0.1, 0.15) is 57.0 Å². The maximum atomic E-state index is 12.2. The monoisotopic (exact) mass is 295 g/mol. The average Bonchev–Trinajstić information content (AvgIpc) is 2.26. The molecule has 0 saturated carbocycles. The van der Waals surface area contributed by atoms with Gasteiger partial charge in [-0.05, 0) is 56.4 Å². The zero-order valence-electron chi connectivity index (χ0n) is 13.4. The van der Waals surface area contributed by atoms with Crippen LogP contribution in [0.4, 0.5) is 0 Å². The van der Waals surface area contributed by atoms with Crippen LogP contribution >= 0.6 is 11.6 Å². The van der Waals surface area contributed by atoms with Gasteiger partial charge in [-0.1, -0.05) is 32.4 Å². The van der Waals surface area contributed by atoms with E-state index in [2.05, 4.69) is 39.9 Å². The fraction of sp³-hybridized carbons (Fsp3) is 0.588. The van der Waals surface area contributed by atoms with Crippen molar-refractivity contribution < 1.29 is 4.79 Å². The third-order valence-electron chi connectivity index (χ3n) is 3.18. The van der Waals surface area contributed by atoms with Crippen LogP contribution in [0.15, 0.2) is 18.2 Å². The van der Waals surface area contributed by atoms with Crippen molar-refractivity contribution >= 4 is 17.4 Å². The standard InChI is InChI=1S/C17H26ClNO/c1-12-9-13(7-8-14(12)18)15(20)10-19-17(5,6)11-16(2,3)4/h7-9,19H,10-11H2,1-6H3. The van der Waals surface area contributed by atoms with Crippen molar-refractivity contribution in [2.45, 2.75) is 53.5 Å². The van der Waals surface area contributed by atoms with Gasteiger partial charge in [0.15, 0.2) is 5.78 Å². The Kier molecular flexibility index (Phi) is 5.39. The first kappa shape index (κ1) is 17.2. The number of Topliss-reactive ketones (excluding diaryl/α,β-unsaturated/α-hetero) is 1. The van der Waals surface area contributed by atoms with E-state index < -0.39 is 0 Å². The Hall–Kier alpha value is -0.860. The third-order valence-corrected chi connectivity index (χ3v) is 3.60. The first-order chi connectivity index (χ1) is 9.00. The van der Waals surface area contributed by atoms with Crippen LogP contribution in [0.2, 0.25) is 5.02 Å². The highest BCUT2D eigenvalue weighted by atomic mass is 35.5. The van der Waals surface area contributed by atoms with Crippen molar-refractivity contribution in [3.8, 4) is 0 Å². The summed E-state index contributed by atoms with van der Waals surface area (Å²) in [6.45, 7) is 13.2. The highest BCUT2D eigenvalue weighted by molar-refractivity contribution is 6.31. The van der Waals surface area contributed by atoms with Gasteiger partial charge in [0.25, 0.3) is 0 Å². The summed E-state index contributed by atoms with van der Waals surface area (Å²) < 4.78 is 0. The average molecular weight is 296 g/mol. The second-order valence-electron chi connectivity index (χ2n) is 7.36. The molecule has 0 aliphatic heterocycles. The summed E-state index contributed by atoms with van der Waals surface area (Å²) in [4.78, 5) is 12.2. The van der Waals surface area contributed by atoms with Crippen LogP contribution in [-0.2, 0) is 0 Å². The van der Waals surface area contributed by atoms with Gasteiger partial charge in [0.2, 0.25) is 0 Å². The van der Waals surface area contributed by atoms with Crippen LogP contribution < -0.4 is 5.32 Å². The van der Waals surface area contributed by atoms with Gasteiger partial charge >= 0.3 is 0 Å². The molecule has 0 fully saturated rings. The van der Waals surface area contributed by atoms with Crippen LogP contribution in [0.5, 0.6) is 0 Å². The highest BCUT2D eigenvalue weighted by Crippen LogP contribution is 2.26. The Labute approximate surface area is 127 Å². The van der Waals surface area contributed by atoms with Gasteiger partial charge in [-0.15, -0.1) is 0 Å². The predicted octanol–water partition coefficient (Wildman–Crippen LogP) is 4.64. The Bertz CT molecular complexity index is 486. The lowest BCUT2D eigenvalue weighted by Crippen LogP contribution is -2.44. The summed E-state index contributed by atoms with van der Waals surface area (Å²) in [5.41, 5.74) is 1.82. The molecule has 0 spiro atoms. The number of hydrogen-bond donors (Lipinski definition) is 1. The largest absolute Gasteiger partial charge is 0.305 e. The van der Waals surface area contributed by atoms with Crippen molar-refractivity contribution in [2.75, 3.05) is 6.54 Å². The number of ketones is 1. The molecule has 2 nitrogen and oxygen atoms in total. The summed E-state index contributed by atoms with van der Waals surface area (Å²) in [7, 11) is 0. The van der Waals surface area contributed by atoms with E-state index >= 15 is 0 Å². The van der Waals surface area contributed by atoms with E-state index in [4.69, 9.17) is 11.6 Å². The Morgan fingerprint density at radius 2 is 1.80 bits per heavy atom. The number of carbonyl (C=O) groups excluding carboxylic acids is 1. The Balaban J connectivity index is 2.65. The predicted molar refractivity (Wildman–Crippen MR) is 86.7 cm³/mol. The van der Waals surface area contributed by atoms with Gasteiger partial charge in [-0.2, -0.15) is 0 Å². The molecule has 0 heterocycles. The van der Waals surface area contributed by atoms with Crippen LogP contribution in [0, 0.1) is 12.3 Å². The number of hydrogen-bond acceptors (Lipinski definition) is 2. The molecule has 0 aromatic heterocycles. The molecular weight excluding hydrogens is 270 g/mol. The molecule has 1 aromatic carbocycles.